The highest BCUT2D eigenvalue weighted by atomic mass is 16.3. The molecule has 6 nitrogen and oxygen atoms in total. The molecule has 1 unspecified atom stereocenters. The molecule has 0 aromatic heterocycles. The summed E-state index contributed by atoms with van der Waals surface area (Å²) in [5.74, 6) is 0. The smallest absolute Gasteiger partial charge is 0.315 e. The van der Waals surface area contributed by atoms with Gasteiger partial charge in [-0.2, -0.15) is 5.26 Å². The van der Waals surface area contributed by atoms with Crippen molar-refractivity contribution in [3.05, 3.63) is 29.8 Å². The van der Waals surface area contributed by atoms with Crippen molar-refractivity contribution in [3.63, 3.8) is 0 Å². The maximum absolute atomic E-state index is 11.9. The Morgan fingerprint density at radius 3 is 2.62 bits per heavy atom. The first-order valence-electron chi connectivity index (χ1n) is 8.60. The summed E-state index contributed by atoms with van der Waals surface area (Å²) in [6, 6.07) is 9.66. The molecule has 1 saturated heterocycles. The average Bonchev–Trinajstić information content (AvgIpc) is 2.61. The number of nitrogens with zero attached hydrogens (tertiary/aromatic N) is 2. The van der Waals surface area contributed by atoms with E-state index in [1.165, 1.54) is 0 Å². The molecule has 130 valence electrons. The zero-order chi connectivity index (χ0) is 17.4. The first kappa shape index (κ1) is 18.1. The Morgan fingerprint density at radius 2 is 2.04 bits per heavy atom. The van der Waals surface area contributed by atoms with Crippen LogP contribution in [0, 0.1) is 11.3 Å². The van der Waals surface area contributed by atoms with Gasteiger partial charge in [-0.3, -0.25) is 0 Å². The molecule has 0 saturated carbocycles. The van der Waals surface area contributed by atoms with Crippen LogP contribution in [-0.4, -0.2) is 42.9 Å². The number of hydrogen-bond donors (Lipinski definition) is 3. The summed E-state index contributed by atoms with van der Waals surface area (Å²) in [7, 11) is 0. The van der Waals surface area contributed by atoms with Gasteiger partial charge in [0.1, 0.15) is 0 Å². The molecule has 1 heterocycles. The molecular formula is C18H26N4O2. The molecule has 0 radical (unpaired) electrons. The zero-order valence-electron chi connectivity index (χ0n) is 14.2. The van der Waals surface area contributed by atoms with Gasteiger partial charge >= 0.3 is 6.03 Å². The van der Waals surface area contributed by atoms with Crippen molar-refractivity contribution in [3.8, 4) is 6.07 Å². The molecule has 24 heavy (non-hydrogen) atoms. The number of hydrogen-bond acceptors (Lipinski definition) is 4. The summed E-state index contributed by atoms with van der Waals surface area (Å²) in [5, 5.41) is 24.2. The number of urea groups is 1. The Bertz CT molecular complexity index is 559. The molecule has 1 fully saturated rings. The molecular weight excluding hydrogens is 304 g/mol. The van der Waals surface area contributed by atoms with E-state index >= 15 is 0 Å². The third kappa shape index (κ3) is 5.43. The lowest BCUT2D eigenvalue weighted by Gasteiger charge is -2.34. The Labute approximate surface area is 143 Å². The fourth-order valence-electron chi connectivity index (χ4n) is 2.91. The van der Waals surface area contributed by atoms with E-state index in [1.807, 2.05) is 31.2 Å². The normalized spacial score (nSPS) is 16.3. The van der Waals surface area contributed by atoms with E-state index in [-0.39, 0.29) is 12.1 Å². The monoisotopic (exact) mass is 330 g/mol. The van der Waals surface area contributed by atoms with Gasteiger partial charge < -0.3 is 20.6 Å². The van der Waals surface area contributed by atoms with Gasteiger partial charge in [-0.25, -0.2) is 4.79 Å². The molecule has 1 atom stereocenters. The maximum Gasteiger partial charge on any atom is 0.315 e. The topological polar surface area (TPSA) is 88.4 Å². The van der Waals surface area contributed by atoms with Crippen molar-refractivity contribution in [2.45, 2.75) is 44.8 Å². The predicted octanol–water partition coefficient (Wildman–Crippen LogP) is 1.99. The molecule has 1 aromatic rings. The Morgan fingerprint density at radius 1 is 1.38 bits per heavy atom. The van der Waals surface area contributed by atoms with E-state index in [1.54, 1.807) is 0 Å². The zero-order valence-corrected chi connectivity index (χ0v) is 14.2. The second kappa shape index (κ2) is 9.14. The Balaban J connectivity index is 1.72. The molecule has 1 aliphatic rings. The highest BCUT2D eigenvalue weighted by Crippen LogP contribution is 2.20. The summed E-state index contributed by atoms with van der Waals surface area (Å²) in [6.07, 6.45) is 2.89. The van der Waals surface area contributed by atoms with Crippen molar-refractivity contribution in [1.29, 1.82) is 5.26 Å². The van der Waals surface area contributed by atoms with Crippen molar-refractivity contribution >= 4 is 11.7 Å². The molecule has 0 bridgehead atoms. The van der Waals surface area contributed by atoms with Gasteiger partial charge in [0, 0.05) is 31.4 Å². The van der Waals surface area contributed by atoms with E-state index in [4.69, 9.17) is 5.26 Å². The van der Waals surface area contributed by atoms with Crippen LogP contribution in [0.15, 0.2) is 24.3 Å². The molecule has 0 spiro atoms. The van der Waals surface area contributed by atoms with Gasteiger partial charge in [-0.1, -0.05) is 13.3 Å². The standard InChI is InChI=1S/C18H26N4O2/c1-2-3-17(23)13-20-18(24)21-15-8-10-22(11-9-15)16-6-4-14(12-19)5-7-16/h4-7,15,17,23H,2-3,8-11,13H2,1H3,(H2,20,21,24). The van der Waals surface area contributed by atoms with Crippen LogP contribution in [-0.2, 0) is 0 Å². The number of aliphatic hydroxyl groups is 1. The third-order valence-corrected chi connectivity index (χ3v) is 4.31. The van der Waals surface area contributed by atoms with Gasteiger partial charge in [-0.05, 0) is 43.5 Å². The second-order valence-electron chi connectivity index (χ2n) is 6.22. The van der Waals surface area contributed by atoms with Crippen LogP contribution >= 0.6 is 0 Å². The van der Waals surface area contributed by atoms with E-state index < -0.39 is 6.10 Å². The number of aliphatic hydroxyl groups excluding tert-OH is 1. The van der Waals surface area contributed by atoms with Crippen molar-refractivity contribution in [1.82, 2.24) is 10.6 Å². The molecule has 2 amide bonds. The molecule has 1 aromatic carbocycles. The van der Waals surface area contributed by atoms with Crippen LogP contribution in [0.5, 0.6) is 0 Å². The quantitative estimate of drug-likeness (QED) is 0.744. The lowest BCUT2D eigenvalue weighted by atomic mass is 10.0. The molecule has 6 heteroatoms. The minimum atomic E-state index is -0.473. The van der Waals surface area contributed by atoms with Crippen molar-refractivity contribution in [2.24, 2.45) is 0 Å². The summed E-state index contributed by atoms with van der Waals surface area (Å²) < 4.78 is 0. The van der Waals surface area contributed by atoms with E-state index in [2.05, 4.69) is 21.6 Å². The maximum atomic E-state index is 11.9. The molecule has 1 aliphatic heterocycles. The fourth-order valence-corrected chi connectivity index (χ4v) is 2.91. The second-order valence-corrected chi connectivity index (χ2v) is 6.22. The van der Waals surface area contributed by atoms with Crippen LogP contribution in [0.3, 0.4) is 0 Å². The Kier molecular flexibility index (Phi) is 6.89. The number of carbonyl (C=O) groups is 1. The highest BCUT2D eigenvalue weighted by Gasteiger charge is 2.21. The first-order chi connectivity index (χ1) is 11.6. The number of benzene rings is 1. The third-order valence-electron chi connectivity index (χ3n) is 4.31. The van der Waals surface area contributed by atoms with Gasteiger partial charge in [0.2, 0.25) is 0 Å². The SMILES string of the molecule is CCCC(O)CNC(=O)NC1CCN(c2ccc(C#N)cc2)CC1. The van der Waals surface area contributed by atoms with Crippen molar-refractivity contribution < 1.29 is 9.90 Å². The lowest BCUT2D eigenvalue weighted by Crippen LogP contribution is -2.49. The van der Waals surface area contributed by atoms with Crippen LogP contribution in [0.4, 0.5) is 10.5 Å². The number of carbonyl (C=O) groups excluding carboxylic acids is 1. The van der Waals surface area contributed by atoms with Gasteiger partial charge in [0.05, 0.1) is 17.7 Å². The van der Waals surface area contributed by atoms with Crippen LogP contribution in [0.2, 0.25) is 0 Å². The summed E-state index contributed by atoms with van der Waals surface area (Å²) >= 11 is 0. The summed E-state index contributed by atoms with van der Waals surface area (Å²) in [6.45, 7) is 4.04. The minimum absolute atomic E-state index is 0.156. The van der Waals surface area contributed by atoms with E-state index in [0.29, 0.717) is 18.5 Å². The highest BCUT2D eigenvalue weighted by molar-refractivity contribution is 5.74. The largest absolute Gasteiger partial charge is 0.391 e. The summed E-state index contributed by atoms with van der Waals surface area (Å²) in [4.78, 5) is 14.1. The number of nitrogens with one attached hydrogen (secondary N) is 2. The molecule has 3 N–H and O–H groups in total. The van der Waals surface area contributed by atoms with Crippen molar-refractivity contribution in [2.75, 3.05) is 24.5 Å². The number of amides is 2. The van der Waals surface area contributed by atoms with Gasteiger partial charge in [0.25, 0.3) is 0 Å². The number of anilines is 1. The molecule has 0 aliphatic carbocycles. The number of rotatable bonds is 6. The van der Waals surface area contributed by atoms with Crippen LogP contribution < -0.4 is 15.5 Å². The Hall–Kier alpha value is -2.26. The van der Waals surface area contributed by atoms with E-state index in [0.717, 1.165) is 38.0 Å². The number of nitriles is 1. The van der Waals surface area contributed by atoms with Gasteiger partial charge in [-0.15, -0.1) is 0 Å². The first-order valence-corrected chi connectivity index (χ1v) is 8.60. The lowest BCUT2D eigenvalue weighted by molar-refractivity contribution is 0.159. The minimum Gasteiger partial charge on any atom is -0.391 e. The van der Waals surface area contributed by atoms with Crippen LogP contribution in [0.1, 0.15) is 38.2 Å². The van der Waals surface area contributed by atoms with E-state index in [9.17, 15) is 9.90 Å². The average molecular weight is 330 g/mol. The van der Waals surface area contributed by atoms with Gasteiger partial charge in [0.15, 0.2) is 0 Å². The fraction of sp³-hybridized carbons (Fsp3) is 0.556. The number of piperidine rings is 1. The summed E-state index contributed by atoms with van der Waals surface area (Å²) in [5.41, 5.74) is 1.77. The molecule has 2 rings (SSSR count). The predicted molar refractivity (Wildman–Crippen MR) is 93.8 cm³/mol. The van der Waals surface area contributed by atoms with Crippen LogP contribution in [0.25, 0.3) is 0 Å².